The summed E-state index contributed by atoms with van der Waals surface area (Å²) in [6.07, 6.45) is 16.5. The lowest BCUT2D eigenvalue weighted by atomic mass is 10.0. The van der Waals surface area contributed by atoms with Crippen LogP contribution in [0, 0.1) is 0 Å². The topological polar surface area (TPSA) is 78.8 Å². The highest BCUT2D eigenvalue weighted by molar-refractivity contribution is 5.94. The van der Waals surface area contributed by atoms with E-state index in [1.807, 2.05) is 6.92 Å². The monoisotopic (exact) mass is 449 g/mol. The minimum atomic E-state index is -0.737. The summed E-state index contributed by atoms with van der Waals surface area (Å²) in [5, 5.41) is 22.8. The van der Waals surface area contributed by atoms with Crippen molar-refractivity contribution in [3.63, 3.8) is 0 Å². The van der Waals surface area contributed by atoms with E-state index >= 15 is 0 Å². The van der Waals surface area contributed by atoms with Crippen molar-refractivity contribution < 1.29 is 19.7 Å². The molecule has 2 unspecified atom stereocenters. The number of ether oxygens (including phenoxy) is 1. The van der Waals surface area contributed by atoms with Gasteiger partial charge < -0.3 is 20.3 Å². The lowest BCUT2D eigenvalue weighted by Gasteiger charge is -2.22. The smallest absolute Gasteiger partial charge is 0.251 e. The molecule has 0 aliphatic carbocycles. The van der Waals surface area contributed by atoms with Gasteiger partial charge >= 0.3 is 0 Å². The SMILES string of the molecule is CCCCCCCCCCCCCCCC(O)C(CO)NC(=O)c1ccc(OCC)cc1. The van der Waals surface area contributed by atoms with E-state index in [0.29, 0.717) is 24.3 Å². The molecule has 1 rings (SSSR count). The highest BCUT2D eigenvalue weighted by Crippen LogP contribution is 2.15. The van der Waals surface area contributed by atoms with Crippen molar-refractivity contribution in [2.24, 2.45) is 0 Å². The van der Waals surface area contributed by atoms with Gasteiger partial charge in [0, 0.05) is 5.56 Å². The molecule has 1 amide bonds. The Balaban J connectivity index is 2.11. The first-order valence-corrected chi connectivity index (χ1v) is 12.9. The molecule has 0 aliphatic rings. The standard InChI is InChI=1S/C27H47NO4/c1-3-5-6-7-8-9-10-11-12-13-14-15-16-17-26(30)25(22-29)28-27(31)23-18-20-24(21-19-23)32-4-2/h18-21,25-26,29-30H,3-17,22H2,1-2H3,(H,28,31). The van der Waals surface area contributed by atoms with Gasteiger partial charge in [-0.25, -0.2) is 0 Å². The quantitative estimate of drug-likeness (QED) is 0.213. The van der Waals surface area contributed by atoms with Gasteiger partial charge in [0.15, 0.2) is 0 Å². The van der Waals surface area contributed by atoms with Gasteiger partial charge in [0.05, 0.1) is 25.4 Å². The number of carbonyl (C=O) groups is 1. The van der Waals surface area contributed by atoms with E-state index in [4.69, 9.17) is 4.74 Å². The van der Waals surface area contributed by atoms with Crippen LogP contribution in [0.3, 0.4) is 0 Å². The third kappa shape index (κ3) is 13.1. The summed E-state index contributed by atoms with van der Waals surface area (Å²) in [6, 6.07) is 6.22. The lowest BCUT2D eigenvalue weighted by Crippen LogP contribution is -2.45. The molecule has 0 fully saturated rings. The highest BCUT2D eigenvalue weighted by Gasteiger charge is 2.21. The van der Waals surface area contributed by atoms with Gasteiger partial charge in [0.1, 0.15) is 5.75 Å². The molecule has 0 aliphatic heterocycles. The maximum atomic E-state index is 12.4. The Morgan fingerprint density at radius 2 is 1.34 bits per heavy atom. The molecule has 0 aromatic heterocycles. The minimum absolute atomic E-state index is 0.275. The van der Waals surface area contributed by atoms with Crippen molar-refractivity contribution in [1.82, 2.24) is 5.32 Å². The summed E-state index contributed by atoms with van der Waals surface area (Å²) in [5.41, 5.74) is 0.486. The molecule has 5 heteroatoms. The summed E-state index contributed by atoms with van der Waals surface area (Å²) in [5.74, 6) is 0.418. The maximum Gasteiger partial charge on any atom is 0.251 e. The summed E-state index contributed by atoms with van der Waals surface area (Å²) in [7, 11) is 0. The fraction of sp³-hybridized carbons (Fsp3) is 0.741. The van der Waals surface area contributed by atoms with Gasteiger partial charge in [0.2, 0.25) is 0 Å². The van der Waals surface area contributed by atoms with E-state index in [0.717, 1.165) is 12.8 Å². The fourth-order valence-corrected chi connectivity index (χ4v) is 3.96. The Morgan fingerprint density at radius 1 is 0.844 bits per heavy atom. The van der Waals surface area contributed by atoms with Crippen LogP contribution >= 0.6 is 0 Å². The summed E-state index contributed by atoms with van der Waals surface area (Å²) < 4.78 is 5.38. The molecule has 0 saturated heterocycles. The number of unbranched alkanes of at least 4 members (excludes halogenated alkanes) is 12. The van der Waals surface area contributed by atoms with Crippen LogP contribution in [0.25, 0.3) is 0 Å². The number of amides is 1. The van der Waals surface area contributed by atoms with Crippen LogP contribution in [-0.4, -0.2) is 41.5 Å². The molecule has 0 bridgehead atoms. The Labute approximate surface area is 196 Å². The molecular formula is C27H47NO4. The van der Waals surface area contributed by atoms with Gasteiger partial charge in [-0.15, -0.1) is 0 Å². The van der Waals surface area contributed by atoms with Gasteiger partial charge in [-0.3, -0.25) is 4.79 Å². The predicted molar refractivity (Wildman–Crippen MR) is 132 cm³/mol. The zero-order valence-corrected chi connectivity index (χ0v) is 20.5. The lowest BCUT2D eigenvalue weighted by molar-refractivity contribution is 0.0661. The normalized spacial score (nSPS) is 13.0. The molecule has 2 atom stereocenters. The maximum absolute atomic E-state index is 12.4. The van der Waals surface area contributed by atoms with Gasteiger partial charge in [-0.05, 0) is 37.6 Å². The largest absolute Gasteiger partial charge is 0.494 e. The number of aliphatic hydroxyl groups excluding tert-OH is 2. The molecule has 0 saturated carbocycles. The van der Waals surface area contributed by atoms with E-state index in [2.05, 4.69) is 12.2 Å². The second-order valence-electron chi connectivity index (χ2n) is 8.82. The van der Waals surface area contributed by atoms with Gasteiger partial charge in [0.25, 0.3) is 5.91 Å². The molecule has 32 heavy (non-hydrogen) atoms. The fourth-order valence-electron chi connectivity index (χ4n) is 3.96. The Hall–Kier alpha value is -1.59. The molecule has 1 aromatic rings. The summed E-state index contributed by atoms with van der Waals surface area (Å²) >= 11 is 0. The first kappa shape index (κ1) is 28.4. The third-order valence-electron chi connectivity index (χ3n) is 6.01. The van der Waals surface area contributed by atoms with Crippen molar-refractivity contribution in [2.75, 3.05) is 13.2 Å². The van der Waals surface area contributed by atoms with Gasteiger partial charge in [-0.2, -0.15) is 0 Å². The number of carbonyl (C=O) groups excluding carboxylic acids is 1. The van der Waals surface area contributed by atoms with E-state index in [1.165, 1.54) is 70.6 Å². The molecule has 0 heterocycles. The number of nitrogens with one attached hydrogen (secondary N) is 1. The summed E-state index contributed by atoms with van der Waals surface area (Å²) in [6.45, 7) is 4.46. The predicted octanol–water partition coefficient (Wildman–Crippen LogP) is 6.02. The van der Waals surface area contributed by atoms with Crippen molar-refractivity contribution in [3.8, 4) is 5.75 Å². The van der Waals surface area contributed by atoms with E-state index < -0.39 is 12.1 Å². The second kappa shape index (κ2) is 18.9. The van der Waals surface area contributed by atoms with E-state index in [9.17, 15) is 15.0 Å². The zero-order chi connectivity index (χ0) is 23.4. The zero-order valence-electron chi connectivity index (χ0n) is 20.5. The number of hydrogen-bond donors (Lipinski definition) is 3. The average molecular weight is 450 g/mol. The first-order valence-electron chi connectivity index (χ1n) is 12.9. The molecule has 0 radical (unpaired) electrons. The molecule has 184 valence electrons. The number of rotatable bonds is 20. The summed E-state index contributed by atoms with van der Waals surface area (Å²) in [4.78, 5) is 12.4. The molecule has 3 N–H and O–H groups in total. The Kier molecular flexibility index (Phi) is 16.8. The molecule has 0 spiro atoms. The number of hydrogen-bond acceptors (Lipinski definition) is 4. The number of aliphatic hydroxyl groups is 2. The van der Waals surface area contributed by atoms with Crippen LogP contribution in [0.5, 0.6) is 5.75 Å². The molecule has 5 nitrogen and oxygen atoms in total. The van der Waals surface area contributed by atoms with Crippen LogP contribution in [0.2, 0.25) is 0 Å². The third-order valence-corrected chi connectivity index (χ3v) is 6.01. The first-order chi connectivity index (χ1) is 15.6. The highest BCUT2D eigenvalue weighted by atomic mass is 16.5. The van der Waals surface area contributed by atoms with Crippen LogP contribution in [0.4, 0.5) is 0 Å². The molecular weight excluding hydrogens is 402 g/mol. The van der Waals surface area contributed by atoms with Crippen molar-refractivity contribution in [2.45, 2.75) is 116 Å². The van der Waals surface area contributed by atoms with Crippen LogP contribution < -0.4 is 10.1 Å². The Morgan fingerprint density at radius 3 is 1.81 bits per heavy atom. The van der Waals surface area contributed by atoms with Crippen molar-refractivity contribution in [1.29, 1.82) is 0 Å². The number of benzene rings is 1. The Bertz CT molecular complexity index is 576. The van der Waals surface area contributed by atoms with E-state index in [-0.39, 0.29) is 12.5 Å². The average Bonchev–Trinajstić information content (AvgIpc) is 2.80. The van der Waals surface area contributed by atoms with Crippen LogP contribution in [0.1, 0.15) is 114 Å². The van der Waals surface area contributed by atoms with Crippen molar-refractivity contribution >= 4 is 5.91 Å². The second-order valence-corrected chi connectivity index (χ2v) is 8.82. The molecule has 1 aromatic carbocycles. The minimum Gasteiger partial charge on any atom is -0.494 e. The van der Waals surface area contributed by atoms with Gasteiger partial charge in [-0.1, -0.05) is 90.4 Å². The van der Waals surface area contributed by atoms with Crippen LogP contribution in [-0.2, 0) is 0 Å². The van der Waals surface area contributed by atoms with Crippen molar-refractivity contribution in [3.05, 3.63) is 29.8 Å². The van der Waals surface area contributed by atoms with Crippen LogP contribution in [0.15, 0.2) is 24.3 Å². The van der Waals surface area contributed by atoms with E-state index in [1.54, 1.807) is 24.3 Å².